The molecule has 0 radical (unpaired) electrons. The van der Waals surface area contributed by atoms with E-state index in [-0.39, 0.29) is 24.8 Å². The molecule has 5 nitrogen and oxygen atoms in total. The van der Waals surface area contributed by atoms with Gasteiger partial charge in [-0.15, -0.1) is 11.3 Å². The van der Waals surface area contributed by atoms with Crippen LogP contribution in [0.2, 0.25) is 0 Å². The summed E-state index contributed by atoms with van der Waals surface area (Å²) in [6, 6.07) is 16.0. The first kappa shape index (κ1) is 19.3. The number of fused-ring (bicyclic) bond motifs is 1. The van der Waals surface area contributed by atoms with E-state index >= 15 is 0 Å². The molecule has 0 saturated heterocycles. The van der Waals surface area contributed by atoms with Gasteiger partial charge in [-0.25, -0.2) is 4.98 Å². The Morgan fingerprint density at radius 2 is 1.76 bits per heavy atom. The molecular formula is C23H23N3O2S. The van der Waals surface area contributed by atoms with Crippen LogP contribution in [0.25, 0.3) is 11.3 Å². The lowest BCUT2D eigenvalue weighted by atomic mass is 9.90. The zero-order chi connectivity index (χ0) is 20.1. The quantitative estimate of drug-likeness (QED) is 0.651. The fraction of sp³-hybridized carbons (Fsp3) is 0.261. The summed E-state index contributed by atoms with van der Waals surface area (Å²) in [5.41, 5.74) is 5.72. The van der Waals surface area contributed by atoms with E-state index in [1.165, 1.54) is 35.3 Å². The van der Waals surface area contributed by atoms with Gasteiger partial charge in [0.25, 0.3) is 0 Å². The molecular weight excluding hydrogens is 382 g/mol. The van der Waals surface area contributed by atoms with Gasteiger partial charge in [-0.05, 0) is 48.4 Å². The number of anilines is 1. The van der Waals surface area contributed by atoms with Crippen LogP contribution in [0, 0.1) is 0 Å². The van der Waals surface area contributed by atoms with E-state index in [0.717, 1.165) is 29.7 Å². The Balaban J connectivity index is 1.31. The van der Waals surface area contributed by atoms with E-state index in [4.69, 9.17) is 0 Å². The minimum atomic E-state index is -0.280. The Hall–Kier alpha value is -2.99. The molecule has 2 aromatic carbocycles. The molecule has 0 bridgehead atoms. The summed E-state index contributed by atoms with van der Waals surface area (Å²) in [5, 5.41) is 7.91. The summed E-state index contributed by atoms with van der Waals surface area (Å²) in [6.07, 6.45) is 5.04. The summed E-state index contributed by atoms with van der Waals surface area (Å²) in [5.74, 6) is -0.460. The molecule has 1 heterocycles. The van der Waals surface area contributed by atoms with E-state index in [2.05, 4.69) is 33.8 Å². The first-order valence-corrected chi connectivity index (χ1v) is 10.7. The van der Waals surface area contributed by atoms with Gasteiger partial charge in [-0.2, -0.15) is 0 Å². The molecule has 0 aliphatic heterocycles. The smallest absolute Gasteiger partial charge is 0.245 e. The zero-order valence-corrected chi connectivity index (χ0v) is 16.9. The third-order valence-corrected chi connectivity index (χ3v) is 5.81. The van der Waals surface area contributed by atoms with Crippen LogP contribution in [-0.2, 0) is 28.9 Å². The monoisotopic (exact) mass is 405 g/mol. The molecule has 1 aromatic heterocycles. The highest BCUT2D eigenvalue weighted by Gasteiger charge is 2.13. The van der Waals surface area contributed by atoms with Crippen LogP contribution < -0.4 is 10.6 Å². The van der Waals surface area contributed by atoms with E-state index in [1.807, 2.05) is 35.7 Å². The number of aryl methyl sites for hydroxylation is 2. The summed E-state index contributed by atoms with van der Waals surface area (Å²) in [7, 11) is 0. The fourth-order valence-electron chi connectivity index (χ4n) is 3.54. The van der Waals surface area contributed by atoms with Gasteiger partial charge in [0.1, 0.15) is 0 Å². The standard InChI is InChI=1S/C23H23N3O2S/c27-21(12-16-6-2-1-3-7-16)24-14-22(28)26-23-25-20(15-29-23)19-11-10-17-8-4-5-9-18(17)13-19/h1-3,6-7,10-11,13,15H,4-5,8-9,12,14H2,(H,24,27)(H,25,26,28). The SMILES string of the molecule is O=C(Cc1ccccc1)NCC(=O)Nc1nc(-c2ccc3c(c2)CCCC3)cs1. The van der Waals surface area contributed by atoms with Crippen LogP contribution >= 0.6 is 11.3 Å². The van der Waals surface area contributed by atoms with Gasteiger partial charge < -0.3 is 10.6 Å². The lowest BCUT2D eigenvalue weighted by molar-refractivity contribution is -0.123. The molecule has 148 valence electrons. The van der Waals surface area contributed by atoms with Gasteiger partial charge >= 0.3 is 0 Å². The van der Waals surface area contributed by atoms with Crippen LogP contribution in [-0.4, -0.2) is 23.3 Å². The molecule has 0 fully saturated rings. The van der Waals surface area contributed by atoms with Gasteiger partial charge in [0.2, 0.25) is 11.8 Å². The Morgan fingerprint density at radius 3 is 2.59 bits per heavy atom. The van der Waals surface area contributed by atoms with E-state index in [1.54, 1.807) is 0 Å². The highest BCUT2D eigenvalue weighted by Crippen LogP contribution is 2.29. The highest BCUT2D eigenvalue weighted by molar-refractivity contribution is 7.14. The third kappa shape index (κ3) is 5.09. The molecule has 6 heteroatoms. The van der Waals surface area contributed by atoms with Crippen LogP contribution in [0.1, 0.15) is 29.5 Å². The molecule has 1 aliphatic carbocycles. The Kier molecular flexibility index (Phi) is 6.00. The van der Waals surface area contributed by atoms with Crippen molar-refractivity contribution in [3.05, 3.63) is 70.6 Å². The molecule has 0 saturated carbocycles. The molecule has 2 N–H and O–H groups in total. The average molecular weight is 406 g/mol. The number of nitrogens with one attached hydrogen (secondary N) is 2. The number of carbonyl (C=O) groups excluding carboxylic acids is 2. The van der Waals surface area contributed by atoms with Crippen LogP contribution in [0.15, 0.2) is 53.9 Å². The number of amides is 2. The predicted octanol–water partition coefficient (Wildman–Crippen LogP) is 3.99. The molecule has 0 atom stereocenters. The fourth-order valence-corrected chi connectivity index (χ4v) is 4.28. The Bertz CT molecular complexity index is 1010. The van der Waals surface area contributed by atoms with Crippen molar-refractivity contribution in [2.24, 2.45) is 0 Å². The maximum absolute atomic E-state index is 12.1. The number of rotatable bonds is 6. The van der Waals surface area contributed by atoms with Crippen LogP contribution in [0.3, 0.4) is 0 Å². The number of benzene rings is 2. The molecule has 4 rings (SSSR count). The number of nitrogens with zero attached hydrogens (tertiary/aromatic N) is 1. The average Bonchev–Trinajstić information content (AvgIpc) is 3.21. The molecule has 0 spiro atoms. The minimum absolute atomic E-state index is 0.0700. The zero-order valence-electron chi connectivity index (χ0n) is 16.1. The summed E-state index contributed by atoms with van der Waals surface area (Å²) in [6.45, 7) is -0.0700. The topological polar surface area (TPSA) is 71.1 Å². The van der Waals surface area contributed by atoms with Gasteiger partial charge in [0.05, 0.1) is 18.7 Å². The van der Waals surface area contributed by atoms with Crippen LogP contribution in [0.4, 0.5) is 5.13 Å². The first-order chi connectivity index (χ1) is 14.2. The van der Waals surface area contributed by atoms with Gasteiger partial charge in [-0.1, -0.05) is 42.5 Å². The third-order valence-electron chi connectivity index (χ3n) is 5.05. The summed E-state index contributed by atoms with van der Waals surface area (Å²) < 4.78 is 0. The number of thiazole rings is 1. The van der Waals surface area contributed by atoms with Crippen LogP contribution in [0.5, 0.6) is 0 Å². The number of hydrogen-bond acceptors (Lipinski definition) is 4. The van der Waals surface area contributed by atoms with E-state index in [0.29, 0.717) is 5.13 Å². The Labute approximate surface area is 174 Å². The van der Waals surface area contributed by atoms with Crippen molar-refractivity contribution in [1.82, 2.24) is 10.3 Å². The second-order valence-electron chi connectivity index (χ2n) is 7.22. The maximum atomic E-state index is 12.1. The lowest BCUT2D eigenvalue weighted by Gasteiger charge is -2.16. The summed E-state index contributed by atoms with van der Waals surface area (Å²) in [4.78, 5) is 28.7. The molecule has 1 aliphatic rings. The molecule has 2 amide bonds. The Morgan fingerprint density at radius 1 is 0.966 bits per heavy atom. The highest BCUT2D eigenvalue weighted by atomic mass is 32.1. The molecule has 3 aromatic rings. The largest absolute Gasteiger partial charge is 0.347 e. The minimum Gasteiger partial charge on any atom is -0.347 e. The molecule has 0 unspecified atom stereocenters. The van der Waals surface area contributed by atoms with Crippen molar-refractivity contribution >= 4 is 28.3 Å². The summed E-state index contributed by atoms with van der Waals surface area (Å²) >= 11 is 1.39. The number of carbonyl (C=O) groups is 2. The number of hydrogen-bond donors (Lipinski definition) is 2. The normalized spacial score (nSPS) is 12.8. The second-order valence-corrected chi connectivity index (χ2v) is 8.07. The second kappa shape index (κ2) is 9.01. The van der Waals surface area contributed by atoms with Gasteiger partial charge in [0, 0.05) is 10.9 Å². The van der Waals surface area contributed by atoms with Crippen molar-refractivity contribution in [2.75, 3.05) is 11.9 Å². The first-order valence-electron chi connectivity index (χ1n) is 9.85. The molecule has 29 heavy (non-hydrogen) atoms. The van der Waals surface area contributed by atoms with Crippen molar-refractivity contribution in [2.45, 2.75) is 32.1 Å². The van der Waals surface area contributed by atoms with Crippen molar-refractivity contribution in [1.29, 1.82) is 0 Å². The van der Waals surface area contributed by atoms with E-state index in [9.17, 15) is 9.59 Å². The van der Waals surface area contributed by atoms with E-state index < -0.39 is 0 Å². The predicted molar refractivity (Wildman–Crippen MR) is 116 cm³/mol. The van der Waals surface area contributed by atoms with Crippen molar-refractivity contribution in [3.8, 4) is 11.3 Å². The maximum Gasteiger partial charge on any atom is 0.245 e. The van der Waals surface area contributed by atoms with Crippen molar-refractivity contribution in [3.63, 3.8) is 0 Å². The number of aromatic nitrogens is 1. The van der Waals surface area contributed by atoms with Gasteiger partial charge in [-0.3, -0.25) is 9.59 Å². The van der Waals surface area contributed by atoms with Gasteiger partial charge in [0.15, 0.2) is 5.13 Å². The van der Waals surface area contributed by atoms with Crippen molar-refractivity contribution < 1.29 is 9.59 Å². The lowest BCUT2D eigenvalue weighted by Crippen LogP contribution is -2.33.